The SMILES string of the molecule is O=C(NCc1ccccc1)c1ccc(N2CCOCC2)cn1. The van der Waals surface area contributed by atoms with Crippen LogP contribution in [0, 0.1) is 0 Å². The predicted octanol–water partition coefficient (Wildman–Crippen LogP) is 1.85. The van der Waals surface area contributed by atoms with Crippen LogP contribution in [0.1, 0.15) is 16.1 Å². The van der Waals surface area contributed by atoms with Gasteiger partial charge in [-0.3, -0.25) is 4.79 Å². The van der Waals surface area contributed by atoms with E-state index in [-0.39, 0.29) is 5.91 Å². The Kier molecular flexibility index (Phi) is 4.65. The van der Waals surface area contributed by atoms with E-state index in [1.54, 1.807) is 12.3 Å². The van der Waals surface area contributed by atoms with E-state index in [1.165, 1.54) is 0 Å². The first kappa shape index (κ1) is 14.5. The van der Waals surface area contributed by atoms with Crippen LogP contribution < -0.4 is 10.2 Å². The van der Waals surface area contributed by atoms with Gasteiger partial charge in [0, 0.05) is 19.6 Å². The number of amides is 1. The van der Waals surface area contributed by atoms with Crippen LogP contribution in [0.15, 0.2) is 48.7 Å². The molecule has 1 saturated heterocycles. The largest absolute Gasteiger partial charge is 0.378 e. The van der Waals surface area contributed by atoms with Gasteiger partial charge in [0.05, 0.1) is 25.1 Å². The first-order chi connectivity index (χ1) is 10.8. The van der Waals surface area contributed by atoms with Gasteiger partial charge in [-0.15, -0.1) is 0 Å². The molecule has 1 fully saturated rings. The topological polar surface area (TPSA) is 54.5 Å². The number of benzene rings is 1. The van der Waals surface area contributed by atoms with E-state index in [1.807, 2.05) is 36.4 Å². The van der Waals surface area contributed by atoms with Crippen LogP contribution in [-0.4, -0.2) is 37.2 Å². The Labute approximate surface area is 129 Å². The number of hydrogen-bond donors (Lipinski definition) is 1. The molecule has 114 valence electrons. The standard InChI is InChI=1S/C17H19N3O2/c21-17(19-12-14-4-2-1-3-5-14)16-7-6-15(13-18-16)20-8-10-22-11-9-20/h1-7,13H,8-12H2,(H,19,21). The van der Waals surface area contributed by atoms with Crippen LogP contribution in [0.25, 0.3) is 0 Å². The lowest BCUT2D eigenvalue weighted by molar-refractivity contribution is 0.0946. The Hall–Kier alpha value is -2.40. The fourth-order valence-electron chi connectivity index (χ4n) is 2.40. The molecule has 0 radical (unpaired) electrons. The number of hydrogen-bond acceptors (Lipinski definition) is 4. The molecule has 0 bridgehead atoms. The van der Waals surface area contributed by atoms with Crippen molar-refractivity contribution in [3.63, 3.8) is 0 Å². The van der Waals surface area contributed by atoms with Crippen LogP contribution in [0.4, 0.5) is 5.69 Å². The molecule has 5 heteroatoms. The van der Waals surface area contributed by atoms with Gasteiger partial charge in [0.1, 0.15) is 5.69 Å². The van der Waals surface area contributed by atoms with Gasteiger partial charge in [0.2, 0.25) is 0 Å². The van der Waals surface area contributed by atoms with Crippen molar-refractivity contribution in [1.29, 1.82) is 0 Å². The van der Waals surface area contributed by atoms with Crippen LogP contribution in [0.2, 0.25) is 0 Å². The highest BCUT2D eigenvalue weighted by Gasteiger charge is 2.13. The number of pyridine rings is 1. The molecule has 2 heterocycles. The number of nitrogens with one attached hydrogen (secondary N) is 1. The van der Waals surface area contributed by atoms with E-state index >= 15 is 0 Å². The van der Waals surface area contributed by atoms with Gasteiger partial charge in [-0.25, -0.2) is 4.98 Å². The quantitative estimate of drug-likeness (QED) is 0.936. The first-order valence-corrected chi connectivity index (χ1v) is 7.44. The van der Waals surface area contributed by atoms with Crippen molar-refractivity contribution in [3.8, 4) is 0 Å². The molecule has 2 aromatic rings. The molecular formula is C17H19N3O2. The smallest absolute Gasteiger partial charge is 0.270 e. The zero-order chi connectivity index (χ0) is 15.2. The Balaban J connectivity index is 1.58. The van der Waals surface area contributed by atoms with Crippen molar-refractivity contribution in [2.75, 3.05) is 31.2 Å². The zero-order valence-corrected chi connectivity index (χ0v) is 12.4. The zero-order valence-electron chi connectivity index (χ0n) is 12.4. The summed E-state index contributed by atoms with van der Waals surface area (Å²) in [6.45, 7) is 3.70. The third-order valence-corrected chi connectivity index (χ3v) is 3.65. The molecular weight excluding hydrogens is 278 g/mol. The number of ether oxygens (including phenoxy) is 1. The van der Waals surface area contributed by atoms with Crippen LogP contribution in [0.5, 0.6) is 0 Å². The molecule has 0 unspecified atom stereocenters. The number of aromatic nitrogens is 1. The van der Waals surface area contributed by atoms with Crippen molar-refractivity contribution in [3.05, 3.63) is 59.9 Å². The minimum absolute atomic E-state index is 0.155. The second-order valence-electron chi connectivity index (χ2n) is 5.17. The summed E-state index contributed by atoms with van der Waals surface area (Å²) in [4.78, 5) is 18.6. The average Bonchev–Trinajstić information content (AvgIpc) is 2.61. The van der Waals surface area contributed by atoms with Gasteiger partial charge >= 0.3 is 0 Å². The molecule has 1 amide bonds. The molecule has 1 N–H and O–H groups in total. The van der Waals surface area contributed by atoms with Crippen molar-refractivity contribution in [1.82, 2.24) is 10.3 Å². The number of nitrogens with zero attached hydrogens (tertiary/aromatic N) is 2. The normalized spacial score (nSPS) is 14.6. The summed E-state index contributed by atoms with van der Waals surface area (Å²) in [5, 5.41) is 2.88. The van der Waals surface area contributed by atoms with Crippen LogP contribution >= 0.6 is 0 Å². The highest BCUT2D eigenvalue weighted by atomic mass is 16.5. The summed E-state index contributed by atoms with van der Waals surface area (Å²) in [7, 11) is 0. The summed E-state index contributed by atoms with van der Waals surface area (Å²) < 4.78 is 5.33. The molecule has 5 nitrogen and oxygen atoms in total. The van der Waals surface area contributed by atoms with Crippen LogP contribution in [0.3, 0.4) is 0 Å². The molecule has 0 spiro atoms. The number of anilines is 1. The molecule has 1 aliphatic heterocycles. The molecule has 0 saturated carbocycles. The maximum Gasteiger partial charge on any atom is 0.270 e. The van der Waals surface area contributed by atoms with E-state index in [4.69, 9.17) is 4.74 Å². The highest BCUT2D eigenvalue weighted by molar-refractivity contribution is 5.92. The van der Waals surface area contributed by atoms with E-state index in [0.717, 1.165) is 37.6 Å². The first-order valence-electron chi connectivity index (χ1n) is 7.44. The van der Waals surface area contributed by atoms with Gasteiger partial charge in [-0.2, -0.15) is 0 Å². The van der Waals surface area contributed by atoms with Gasteiger partial charge in [0.25, 0.3) is 5.91 Å². The van der Waals surface area contributed by atoms with E-state index in [9.17, 15) is 4.79 Å². The number of carbonyl (C=O) groups is 1. The minimum atomic E-state index is -0.155. The lowest BCUT2D eigenvalue weighted by Gasteiger charge is -2.28. The lowest BCUT2D eigenvalue weighted by Crippen LogP contribution is -2.36. The fourth-order valence-corrected chi connectivity index (χ4v) is 2.40. The fraction of sp³-hybridized carbons (Fsp3) is 0.294. The van der Waals surface area contributed by atoms with Gasteiger partial charge in [-0.1, -0.05) is 30.3 Å². The Morgan fingerprint density at radius 3 is 2.59 bits per heavy atom. The average molecular weight is 297 g/mol. The van der Waals surface area contributed by atoms with E-state index in [0.29, 0.717) is 12.2 Å². The molecule has 1 aromatic heterocycles. The number of morpholine rings is 1. The van der Waals surface area contributed by atoms with Crippen molar-refractivity contribution < 1.29 is 9.53 Å². The number of carbonyl (C=O) groups excluding carboxylic acids is 1. The van der Waals surface area contributed by atoms with Crippen LogP contribution in [-0.2, 0) is 11.3 Å². The summed E-state index contributed by atoms with van der Waals surface area (Å²) in [5.74, 6) is -0.155. The Morgan fingerprint density at radius 2 is 1.91 bits per heavy atom. The van der Waals surface area contributed by atoms with Crippen molar-refractivity contribution in [2.45, 2.75) is 6.54 Å². The monoisotopic (exact) mass is 297 g/mol. The highest BCUT2D eigenvalue weighted by Crippen LogP contribution is 2.14. The van der Waals surface area contributed by atoms with Crippen molar-refractivity contribution in [2.24, 2.45) is 0 Å². The van der Waals surface area contributed by atoms with Gasteiger partial charge in [0.15, 0.2) is 0 Å². The predicted molar refractivity (Wildman–Crippen MR) is 84.9 cm³/mol. The molecule has 22 heavy (non-hydrogen) atoms. The van der Waals surface area contributed by atoms with E-state index < -0.39 is 0 Å². The second kappa shape index (κ2) is 7.04. The molecule has 0 atom stereocenters. The van der Waals surface area contributed by atoms with Crippen molar-refractivity contribution >= 4 is 11.6 Å². The third-order valence-electron chi connectivity index (χ3n) is 3.65. The second-order valence-corrected chi connectivity index (χ2v) is 5.17. The summed E-state index contributed by atoms with van der Waals surface area (Å²) >= 11 is 0. The molecule has 1 aromatic carbocycles. The Bertz CT molecular complexity index is 608. The third kappa shape index (κ3) is 3.62. The molecule has 3 rings (SSSR count). The lowest BCUT2D eigenvalue weighted by atomic mass is 10.2. The maximum atomic E-state index is 12.1. The maximum absolute atomic E-state index is 12.1. The summed E-state index contributed by atoms with van der Waals surface area (Å²) in [6, 6.07) is 13.5. The molecule has 1 aliphatic rings. The minimum Gasteiger partial charge on any atom is -0.378 e. The number of rotatable bonds is 4. The summed E-state index contributed by atoms with van der Waals surface area (Å²) in [6.07, 6.45) is 1.75. The summed E-state index contributed by atoms with van der Waals surface area (Å²) in [5.41, 5.74) is 2.54. The van der Waals surface area contributed by atoms with Gasteiger partial charge < -0.3 is 15.0 Å². The Morgan fingerprint density at radius 1 is 1.14 bits per heavy atom. The van der Waals surface area contributed by atoms with E-state index in [2.05, 4.69) is 15.2 Å². The van der Waals surface area contributed by atoms with Gasteiger partial charge in [-0.05, 0) is 17.7 Å². The molecule has 0 aliphatic carbocycles.